The van der Waals surface area contributed by atoms with Crippen molar-refractivity contribution in [2.45, 2.75) is 38.9 Å². The zero-order valence-corrected chi connectivity index (χ0v) is 20.7. The predicted octanol–water partition coefficient (Wildman–Crippen LogP) is 3.59. The van der Waals surface area contributed by atoms with Crippen LogP contribution < -0.4 is 20.4 Å². The molecule has 0 saturated carbocycles. The van der Waals surface area contributed by atoms with Gasteiger partial charge in [-0.25, -0.2) is 23.9 Å². The van der Waals surface area contributed by atoms with Gasteiger partial charge in [0.05, 0.1) is 11.4 Å². The summed E-state index contributed by atoms with van der Waals surface area (Å²) in [4.78, 5) is 34.6. The molecule has 3 aromatic rings. The van der Waals surface area contributed by atoms with Crippen LogP contribution in [-0.4, -0.2) is 69.9 Å². The van der Waals surface area contributed by atoms with Gasteiger partial charge in [0.2, 0.25) is 0 Å². The Bertz CT molecular complexity index is 1340. The van der Waals surface area contributed by atoms with Crippen LogP contribution in [0, 0.1) is 12.7 Å². The number of amides is 2. The minimum Gasteiger partial charge on any atom is -0.475 e. The molecule has 5 heterocycles. The first kappa shape index (κ1) is 27.1. The van der Waals surface area contributed by atoms with Gasteiger partial charge in [-0.15, -0.1) is 0 Å². The molecule has 0 bridgehead atoms. The Morgan fingerprint density at radius 3 is 2.68 bits per heavy atom. The fourth-order valence-electron chi connectivity index (χ4n) is 4.50. The number of hydrogen-bond donors (Lipinski definition) is 3. The maximum absolute atomic E-state index is 14.5. The largest absolute Gasteiger partial charge is 0.490 e. The van der Waals surface area contributed by atoms with Crippen molar-refractivity contribution in [1.29, 1.82) is 0 Å². The first-order chi connectivity index (χ1) is 18.0. The Morgan fingerprint density at radius 1 is 1.26 bits per heavy atom. The van der Waals surface area contributed by atoms with Crippen LogP contribution in [0.25, 0.3) is 5.65 Å². The second-order valence-corrected chi connectivity index (χ2v) is 8.96. The Hall–Kier alpha value is -3.94. The van der Waals surface area contributed by atoms with Gasteiger partial charge in [-0.05, 0) is 25.8 Å². The number of halogens is 4. The van der Waals surface area contributed by atoms with Crippen LogP contribution in [0.1, 0.15) is 24.6 Å². The van der Waals surface area contributed by atoms with E-state index in [1.807, 2.05) is 13.0 Å². The van der Waals surface area contributed by atoms with Crippen LogP contribution in [-0.2, 0) is 11.2 Å². The lowest BCUT2D eigenvalue weighted by molar-refractivity contribution is -0.192. The summed E-state index contributed by atoms with van der Waals surface area (Å²) in [5.74, 6) is -2.62. The zero-order chi connectivity index (χ0) is 27.6. The van der Waals surface area contributed by atoms with E-state index in [0.717, 1.165) is 49.4 Å². The van der Waals surface area contributed by atoms with E-state index >= 15 is 0 Å². The summed E-state index contributed by atoms with van der Waals surface area (Å²) in [6.07, 6.45) is 1.82. The van der Waals surface area contributed by atoms with Crippen molar-refractivity contribution in [2.24, 2.45) is 0 Å². The summed E-state index contributed by atoms with van der Waals surface area (Å²) >= 11 is 0. The number of carboxylic acids is 1. The lowest BCUT2D eigenvalue weighted by Gasteiger charge is -2.35. The van der Waals surface area contributed by atoms with Crippen LogP contribution in [0.5, 0.6) is 0 Å². The average Bonchev–Trinajstić information content (AvgIpc) is 3.46. The van der Waals surface area contributed by atoms with Gasteiger partial charge in [0.25, 0.3) is 0 Å². The number of anilines is 3. The second-order valence-electron chi connectivity index (χ2n) is 8.96. The molecule has 5 rings (SSSR count). The minimum absolute atomic E-state index is 0.118. The minimum atomic E-state index is -5.08. The number of pyridine rings is 2. The molecule has 1 fully saturated rings. The van der Waals surface area contributed by atoms with Gasteiger partial charge in [-0.3, -0.25) is 4.90 Å². The molecule has 2 aliphatic heterocycles. The number of nitrogens with zero attached hydrogens (tertiary/aromatic N) is 5. The number of nitrogens with one attached hydrogen (secondary N) is 2. The molecular weight excluding hydrogens is 510 g/mol. The van der Waals surface area contributed by atoms with Crippen LogP contribution >= 0.6 is 0 Å². The van der Waals surface area contributed by atoms with Gasteiger partial charge in [-0.1, -0.05) is 6.92 Å². The fourth-order valence-corrected chi connectivity index (χ4v) is 4.50. The fraction of sp³-hybridized carbons (Fsp3) is 0.417. The number of imidazole rings is 1. The summed E-state index contributed by atoms with van der Waals surface area (Å²) in [7, 11) is 0. The van der Waals surface area contributed by atoms with E-state index in [9.17, 15) is 22.4 Å². The monoisotopic (exact) mass is 537 g/mol. The molecule has 1 atom stereocenters. The van der Waals surface area contributed by atoms with Gasteiger partial charge < -0.3 is 25.0 Å². The molecule has 0 spiro atoms. The van der Waals surface area contributed by atoms with Crippen LogP contribution in [0.15, 0.2) is 30.7 Å². The molecule has 204 valence electrons. The highest BCUT2D eigenvalue weighted by atomic mass is 19.4. The number of fused-ring (bicyclic) bond motifs is 2. The molecule has 0 unspecified atom stereocenters. The number of rotatable bonds is 3. The third-order valence-corrected chi connectivity index (χ3v) is 6.33. The Balaban J connectivity index is 0.000000426. The molecular formula is C24H27F4N7O3. The quantitative estimate of drug-likeness (QED) is 0.438. The number of urea groups is 1. The number of hydrogen-bond acceptors (Lipinski definition) is 6. The molecule has 2 aliphatic rings. The molecule has 3 N–H and O–H groups in total. The molecule has 3 aromatic heterocycles. The Labute approximate surface area is 215 Å². The smallest absolute Gasteiger partial charge is 0.475 e. The van der Waals surface area contributed by atoms with E-state index in [0.29, 0.717) is 24.1 Å². The summed E-state index contributed by atoms with van der Waals surface area (Å²) in [6, 6.07) is 3.44. The summed E-state index contributed by atoms with van der Waals surface area (Å²) in [5, 5.41) is 13.4. The normalized spacial score (nSPS) is 17.2. The highest BCUT2D eigenvalue weighted by molar-refractivity contribution is 6.03. The molecule has 38 heavy (non-hydrogen) atoms. The van der Waals surface area contributed by atoms with Crippen molar-refractivity contribution >= 4 is 34.8 Å². The number of alkyl halides is 3. The van der Waals surface area contributed by atoms with Crippen molar-refractivity contribution in [3.8, 4) is 0 Å². The van der Waals surface area contributed by atoms with Gasteiger partial charge in [0.15, 0.2) is 5.82 Å². The standard InChI is InChI=1S/C22H26FN7O.C2HF3O2/c1-3-15-12-28(9-7-24-15)19-4-6-25-21-16(19)5-8-30(21)22(31)27-18-13-29-11-14(2)26-20(29)10-17(18)23;3-2(4,5)1(6)7/h4,6,10-11,13,15,24H,3,5,7-9,12H2,1-2H3,(H,27,31);(H,6,7)/t15-;/m1./s1. The van der Waals surface area contributed by atoms with Crippen LogP contribution in [0.3, 0.4) is 0 Å². The van der Waals surface area contributed by atoms with Crippen LogP contribution in [0.4, 0.5) is 39.5 Å². The number of piperazine rings is 1. The molecule has 0 aliphatic carbocycles. The third kappa shape index (κ3) is 5.79. The first-order valence-corrected chi connectivity index (χ1v) is 12.0. The number of aryl methyl sites for hydroxylation is 1. The van der Waals surface area contributed by atoms with E-state index in [1.165, 1.54) is 6.07 Å². The highest BCUT2D eigenvalue weighted by Gasteiger charge is 2.38. The van der Waals surface area contributed by atoms with Crippen molar-refractivity contribution in [3.63, 3.8) is 0 Å². The summed E-state index contributed by atoms with van der Waals surface area (Å²) in [6.45, 7) is 7.35. The lowest BCUT2D eigenvalue weighted by atomic mass is 10.1. The predicted molar refractivity (Wildman–Crippen MR) is 132 cm³/mol. The Morgan fingerprint density at radius 2 is 2.00 bits per heavy atom. The topological polar surface area (TPSA) is 115 Å². The van der Waals surface area contributed by atoms with Crippen molar-refractivity contribution in [2.75, 3.05) is 41.3 Å². The number of carbonyl (C=O) groups is 2. The SMILES string of the molecule is CC[C@@H]1CN(c2ccnc3c2CCN3C(=O)Nc2cn3cc(C)nc3cc2F)CCN1.O=C(O)C(F)(F)F. The summed E-state index contributed by atoms with van der Waals surface area (Å²) < 4.78 is 48.0. The molecule has 1 saturated heterocycles. The number of carboxylic acid groups (broad SMARTS) is 1. The van der Waals surface area contributed by atoms with E-state index < -0.39 is 18.0 Å². The number of aliphatic carboxylic acids is 1. The zero-order valence-electron chi connectivity index (χ0n) is 20.7. The molecule has 0 aromatic carbocycles. The molecule has 14 heteroatoms. The molecule has 2 amide bonds. The summed E-state index contributed by atoms with van der Waals surface area (Å²) in [5.41, 5.74) is 3.63. The maximum atomic E-state index is 14.5. The first-order valence-electron chi connectivity index (χ1n) is 12.0. The second kappa shape index (κ2) is 10.8. The van der Waals surface area contributed by atoms with Crippen molar-refractivity contribution in [1.82, 2.24) is 19.7 Å². The van der Waals surface area contributed by atoms with E-state index in [-0.39, 0.29) is 11.7 Å². The number of carbonyl (C=O) groups excluding carboxylic acids is 1. The molecule has 10 nitrogen and oxygen atoms in total. The maximum Gasteiger partial charge on any atom is 0.490 e. The average molecular weight is 538 g/mol. The Kier molecular flexibility index (Phi) is 7.71. The van der Waals surface area contributed by atoms with Crippen molar-refractivity contribution in [3.05, 3.63) is 47.8 Å². The van der Waals surface area contributed by atoms with Gasteiger partial charge in [-0.2, -0.15) is 13.2 Å². The third-order valence-electron chi connectivity index (χ3n) is 6.33. The van der Waals surface area contributed by atoms with Crippen molar-refractivity contribution < 1.29 is 32.3 Å². The number of aromatic nitrogens is 3. The van der Waals surface area contributed by atoms with Gasteiger partial charge in [0, 0.05) is 68.1 Å². The van der Waals surface area contributed by atoms with Gasteiger partial charge >= 0.3 is 18.2 Å². The van der Waals surface area contributed by atoms with E-state index in [2.05, 4.69) is 32.4 Å². The highest BCUT2D eigenvalue weighted by Crippen LogP contribution is 2.34. The molecule has 0 radical (unpaired) electrons. The van der Waals surface area contributed by atoms with Crippen LogP contribution in [0.2, 0.25) is 0 Å². The van der Waals surface area contributed by atoms with E-state index in [4.69, 9.17) is 9.90 Å². The van der Waals surface area contributed by atoms with Gasteiger partial charge in [0.1, 0.15) is 11.5 Å². The lowest BCUT2D eigenvalue weighted by Crippen LogP contribution is -2.50. The van der Waals surface area contributed by atoms with E-state index in [1.54, 1.807) is 27.9 Å².